The Morgan fingerprint density at radius 2 is 1.76 bits per heavy atom. The van der Waals surface area contributed by atoms with Crippen LogP contribution in [-0.4, -0.2) is 24.1 Å². The molecule has 0 spiro atoms. The Labute approximate surface area is 164 Å². The lowest BCUT2D eigenvalue weighted by Crippen LogP contribution is -2.28. The SMILES string of the molecule is CC(NC(=O)c1nc(Cl)c(Cl)c(Cl)c1Cl)c1ccc2c(c1)OCCO2. The molecule has 0 saturated heterocycles. The molecule has 1 aromatic carbocycles. The lowest BCUT2D eigenvalue weighted by atomic mass is 10.1. The van der Waals surface area contributed by atoms with Crippen molar-refractivity contribution in [2.45, 2.75) is 13.0 Å². The van der Waals surface area contributed by atoms with Gasteiger partial charge in [0.1, 0.15) is 24.1 Å². The average molecular weight is 422 g/mol. The van der Waals surface area contributed by atoms with E-state index in [1.807, 2.05) is 19.1 Å². The number of pyridine rings is 1. The number of nitrogens with zero attached hydrogens (tertiary/aromatic N) is 1. The van der Waals surface area contributed by atoms with Gasteiger partial charge in [-0.15, -0.1) is 0 Å². The number of ether oxygens (including phenoxy) is 2. The van der Waals surface area contributed by atoms with Crippen molar-refractivity contribution in [3.05, 3.63) is 49.7 Å². The normalized spacial score (nSPS) is 14.1. The molecule has 1 N–H and O–H groups in total. The Morgan fingerprint density at radius 1 is 1.08 bits per heavy atom. The summed E-state index contributed by atoms with van der Waals surface area (Å²) in [4.78, 5) is 16.4. The molecule has 3 rings (SSSR count). The maximum absolute atomic E-state index is 12.5. The van der Waals surface area contributed by atoms with Gasteiger partial charge in [-0.25, -0.2) is 4.98 Å². The van der Waals surface area contributed by atoms with Gasteiger partial charge in [0.15, 0.2) is 11.5 Å². The van der Waals surface area contributed by atoms with Crippen molar-refractivity contribution in [3.63, 3.8) is 0 Å². The van der Waals surface area contributed by atoms with Crippen LogP contribution in [0, 0.1) is 0 Å². The first-order valence-electron chi connectivity index (χ1n) is 7.29. The van der Waals surface area contributed by atoms with Crippen molar-refractivity contribution in [3.8, 4) is 11.5 Å². The number of fused-ring (bicyclic) bond motifs is 1. The summed E-state index contributed by atoms with van der Waals surface area (Å²) in [6.07, 6.45) is 0. The second-order valence-electron chi connectivity index (χ2n) is 5.29. The second kappa shape index (κ2) is 7.46. The average Bonchev–Trinajstić information content (AvgIpc) is 2.62. The highest BCUT2D eigenvalue weighted by Crippen LogP contribution is 2.36. The molecule has 2 aromatic rings. The minimum atomic E-state index is -0.521. The fraction of sp³-hybridized carbons (Fsp3) is 0.250. The fourth-order valence-electron chi connectivity index (χ4n) is 2.32. The molecule has 0 radical (unpaired) electrons. The van der Waals surface area contributed by atoms with Gasteiger partial charge in [-0.2, -0.15) is 0 Å². The van der Waals surface area contributed by atoms with Crippen LogP contribution in [0.2, 0.25) is 20.2 Å². The van der Waals surface area contributed by atoms with E-state index in [9.17, 15) is 4.79 Å². The number of benzene rings is 1. The minimum absolute atomic E-state index is 0.00441. The van der Waals surface area contributed by atoms with Crippen LogP contribution in [0.25, 0.3) is 0 Å². The van der Waals surface area contributed by atoms with Gasteiger partial charge >= 0.3 is 0 Å². The molecular formula is C16H12Cl4N2O3. The molecule has 132 valence electrons. The molecule has 5 nitrogen and oxygen atoms in total. The first-order valence-corrected chi connectivity index (χ1v) is 8.80. The van der Waals surface area contributed by atoms with E-state index in [0.717, 1.165) is 5.56 Å². The number of nitrogens with one attached hydrogen (secondary N) is 1. The van der Waals surface area contributed by atoms with E-state index in [1.165, 1.54) is 0 Å². The third kappa shape index (κ3) is 3.75. The highest BCUT2D eigenvalue weighted by Gasteiger charge is 2.22. The Bertz CT molecular complexity index is 845. The second-order valence-corrected chi connectivity index (χ2v) is 6.78. The van der Waals surface area contributed by atoms with Crippen LogP contribution in [0.5, 0.6) is 11.5 Å². The fourth-order valence-corrected chi connectivity index (χ4v) is 3.13. The lowest BCUT2D eigenvalue weighted by Gasteiger charge is -2.21. The number of hydrogen-bond acceptors (Lipinski definition) is 4. The van der Waals surface area contributed by atoms with Crippen molar-refractivity contribution < 1.29 is 14.3 Å². The molecule has 1 aliphatic heterocycles. The van der Waals surface area contributed by atoms with Gasteiger partial charge in [0.2, 0.25) is 0 Å². The molecular weight excluding hydrogens is 410 g/mol. The lowest BCUT2D eigenvalue weighted by molar-refractivity contribution is 0.0935. The predicted molar refractivity (Wildman–Crippen MR) is 97.6 cm³/mol. The van der Waals surface area contributed by atoms with Crippen LogP contribution < -0.4 is 14.8 Å². The monoisotopic (exact) mass is 420 g/mol. The van der Waals surface area contributed by atoms with Crippen molar-refractivity contribution in [1.82, 2.24) is 10.3 Å². The van der Waals surface area contributed by atoms with Crippen molar-refractivity contribution in [2.24, 2.45) is 0 Å². The highest BCUT2D eigenvalue weighted by atomic mass is 35.5. The van der Waals surface area contributed by atoms with Gasteiger partial charge in [-0.3, -0.25) is 4.79 Å². The van der Waals surface area contributed by atoms with Gasteiger partial charge < -0.3 is 14.8 Å². The molecule has 0 bridgehead atoms. The van der Waals surface area contributed by atoms with E-state index in [-0.39, 0.29) is 32.0 Å². The summed E-state index contributed by atoms with van der Waals surface area (Å²) in [5.74, 6) is 0.793. The zero-order valence-electron chi connectivity index (χ0n) is 12.9. The van der Waals surface area contributed by atoms with Crippen LogP contribution in [0.4, 0.5) is 0 Å². The van der Waals surface area contributed by atoms with Crippen molar-refractivity contribution in [2.75, 3.05) is 13.2 Å². The van der Waals surface area contributed by atoms with Gasteiger partial charge in [-0.1, -0.05) is 52.5 Å². The van der Waals surface area contributed by atoms with Gasteiger partial charge in [0.05, 0.1) is 21.1 Å². The largest absolute Gasteiger partial charge is 0.486 e. The number of carbonyl (C=O) groups is 1. The molecule has 0 aliphatic carbocycles. The Balaban J connectivity index is 1.81. The summed E-state index contributed by atoms with van der Waals surface area (Å²) in [5, 5.41) is 2.64. The number of aromatic nitrogens is 1. The van der Waals surface area contributed by atoms with E-state index >= 15 is 0 Å². The smallest absolute Gasteiger partial charge is 0.272 e. The van der Waals surface area contributed by atoms with Gasteiger partial charge in [0.25, 0.3) is 5.91 Å². The Kier molecular flexibility index (Phi) is 5.49. The minimum Gasteiger partial charge on any atom is -0.486 e. The molecule has 1 atom stereocenters. The van der Waals surface area contributed by atoms with Gasteiger partial charge in [0, 0.05) is 0 Å². The number of halogens is 4. The number of carbonyl (C=O) groups excluding carboxylic acids is 1. The predicted octanol–water partition coefficient (Wildman–Crippen LogP) is 4.96. The summed E-state index contributed by atoms with van der Waals surface area (Å²) in [5.41, 5.74) is 0.741. The summed E-state index contributed by atoms with van der Waals surface area (Å²) in [6.45, 7) is 2.82. The zero-order chi connectivity index (χ0) is 18.1. The quantitative estimate of drug-likeness (QED) is 0.711. The summed E-state index contributed by atoms with van der Waals surface area (Å²) in [6, 6.07) is 5.12. The standard InChI is InChI=1S/C16H12Cl4N2O3/c1-7(8-2-3-9-10(6-8)25-5-4-24-9)21-16(23)14-12(18)11(17)13(19)15(20)22-14/h2-3,6-7H,4-5H2,1H3,(H,21,23). The maximum atomic E-state index is 12.5. The first-order chi connectivity index (χ1) is 11.9. The molecule has 0 saturated carbocycles. The van der Waals surface area contributed by atoms with Crippen LogP contribution in [0.15, 0.2) is 18.2 Å². The number of amides is 1. The maximum Gasteiger partial charge on any atom is 0.272 e. The topological polar surface area (TPSA) is 60.5 Å². The van der Waals surface area contributed by atoms with Crippen molar-refractivity contribution >= 4 is 52.3 Å². The Hall–Kier alpha value is -1.40. The summed E-state index contributed by atoms with van der Waals surface area (Å²) in [7, 11) is 0. The molecule has 25 heavy (non-hydrogen) atoms. The summed E-state index contributed by atoms with van der Waals surface area (Å²) >= 11 is 23.8. The van der Waals surface area contributed by atoms with Crippen LogP contribution >= 0.6 is 46.4 Å². The molecule has 2 heterocycles. The third-order valence-electron chi connectivity index (χ3n) is 3.61. The molecule has 1 aromatic heterocycles. The number of hydrogen-bond donors (Lipinski definition) is 1. The van der Waals surface area contributed by atoms with E-state index < -0.39 is 5.91 Å². The van der Waals surface area contributed by atoms with Crippen molar-refractivity contribution in [1.29, 1.82) is 0 Å². The van der Waals surface area contributed by atoms with E-state index in [2.05, 4.69) is 10.3 Å². The van der Waals surface area contributed by atoms with E-state index in [1.54, 1.807) is 6.07 Å². The molecule has 1 amide bonds. The van der Waals surface area contributed by atoms with E-state index in [4.69, 9.17) is 55.9 Å². The molecule has 1 aliphatic rings. The zero-order valence-corrected chi connectivity index (χ0v) is 15.9. The van der Waals surface area contributed by atoms with Crippen LogP contribution in [-0.2, 0) is 0 Å². The third-order valence-corrected chi connectivity index (χ3v) is 5.29. The summed E-state index contributed by atoms with van der Waals surface area (Å²) < 4.78 is 11.0. The highest BCUT2D eigenvalue weighted by molar-refractivity contribution is 6.52. The van der Waals surface area contributed by atoms with Crippen LogP contribution in [0.1, 0.15) is 29.0 Å². The molecule has 0 fully saturated rings. The van der Waals surface area contributed by atoms with Crippen LogP contribution in [0.3, 0.4) is 0 Å². The molecule has 1 unspecified atom stereocenters. The first kappa shape index (κ1) is 18.4. The van der Waals surface area contributed by atoms with Gasteiger partial charge in [-0.05, 0) is 24.6 Å². The Morgan fingerprint density at radius 3 is 2.48 bits per heavy atom. The van der Waals surface area contributed by atoms with E-state index in [0.29, 0.717) is 24.7 Å². The molecule has 9 heteroatoms. The number of rotatable bonds is 3.